The summed E-state index contributed by atoms with van der Waals surface area (Å²) in [6.07, 6.45) is 0.903. The monoisotopic (exact) mass is 454 g/mol. The average molecular weight is 455 g/mol. The zero-order valence-electron chi connectivity index (χ0n) is 18.7. The Balaban J connectivity index is 1.84. The highest BCUT2D eigenvalue weighted by atomic mass is 32.1. The van der Waals surface area contributed by atoms with E-state index >= 15 is 0 Å². The average Bonchev–Trinajstić information content (AvgIpc) is 3.16. The fourth-order valence-electron chi connectivity index (χ4n) is 4.25. The minimum atomic E-state index is -0.552. The van der Waals surface area contributed by atoms with E-state index in [0.717, 1.165) is 34.7 Å². The number of benzene rings is 2. The number of anilines is 1. The van der Waals surface area contributed by atoms with Crippen LogP contribution in [0.25, 0.3) is 0 Å². The topological polar surface area (TPSA) is 69.3 Å². The minimum Gasteiger partial charge on any atom is -0.497 e. The molecule has 0 amide bonds. The number of carbonyl (C=O) groups is 1. The van der Waals surface area contributed by atoms with Gasteiger partial charge in [-0.3, -0.25) is 4.90 Å². The molecule has 0 saturated heterocycles. The summed E-state index contributed by atoms with van der Waals surface area (Å²) < 4.78 is 22.0. The van der Waals surface area contributed by atoms with Crippen molar-refractivity contribution in [3.8, 4) is 17.2 Å². The second-order valence-corrected chi connectivity index (χ2v) is 8.13. The van der Waals surface area contributed by atoms with E-state index < -0.39 is 12.0 Å². The molecular formula is C24H26N2O5S. The van der Waals surface area contributed by atoms with Gasteiger partial charge in [0, 0.05) is 28.9 Å². The number of hydrogen-bond donors (Lipinski definition) is 1. The van der Waals surface area contributed by atoms with E-state index in [9.17, 15) is 4.79 Å². The molecule has 0 radical (unpaired) electrons. The van der Waals surface area contributed by atoms with Crippen molar-refractivity contribution in [2.24, 2.45) is 0 Å². The van der Waals surface area contributed by atoms with Crippen LogP contribution in [0.1, 0.15) is 31.0 Å². The number of esters is 1. The number of thiocarbonyl (C=S) groups is 1. The standard InChI is InChI=1S/C24H26N2O5S/c1-13-10-15-11-20(29-4)18(12-19(15)31-13)22-21(23(27)30-5)14(2)26(24(32)25-22)16-6-8-17(28-3)9-7-16/h6-9,11-13,22H,10H2,1-5H3,(H,25,32). The quantitative estimate of drug-likeness (QED) is 0.539. The van der Waals surface area contributed by atoms with Crippen molar-refractivity contribution in [2.75, 3.05) is 26.2 Å². The summed E-state index contributed by atoms with van der Waals surface area (Å²) in [4.78, 5) is 14.8. The van der Waals surface area contributed by atoms with Crippen LogP contribution in [0.4, 0.5) is 5.69 Å². The largest absolute Gasteiger partial charge is 0.497 e. The molecular weight excluding hydrogens is 428 g/mol. The van der Waals surface area contributed by atoms with Gasteiger partial charge in [-0.05, 0) is 62.5 Å². The third kappa shape index (κ3) is 3.75. The van der Waals surface area contributed by atoms with Crippen LogP contribution in [0.2, 0.25) is 0 Å². The Labute approximate surface area is 192 Å². The molecule has 168 valence electrons. The molecule has 2 aliphatic heterocycles. The van der Waals surface area contributed by atoms with Crippen LogP contribution in [-0.2, 0) is 16.0 Å². The molecule has 1 N–H and O–H groups in total. The summed E-state index contributed by atoms with van der Waals surface area (Å²) in [5, 5.41) is 3.77. The lowest BCUT2D eigenvalue weighted by atomic mass is 9.92. The highest BCUT2D eigenvalue weighted by Crippen LogP contribution is 2.42. The lowest BCUT2D eigenvalue weighted by Gasteiger charge is -2.37. The molecule has 2 heterocycles. The molecule has 2 aliphatic rings. The minimum absolute atomic E-state index is 0.0910. The first kappa shape index (κ1) is 22.0. The molecule has 2 atom stereocenters. The molecule has 0 aliphatic carbocycles. The van der Waals surface area contributed by atoms with Crippen molar-refractivity contribution >= 4 is 29.0 Å². The molecule has 0 saturated carbocycles. The van der Waals surface area contributed by atoms with E-state index in [1.807, 2.05) is 55.1 Å². The van der Waals surface area contributed by atoms with Crippen LogP contribution >= 0.6 is 12.2 Å². The zero-order chi connectivity index (χ0) is 23.0. The fourth-order valence-corrected chi connectivity index (χ4v) is 4.61. The van der Waals surface area contributed by atoms with Gasteiger partial charge in [0.2, 0.25) is 0 Å². The molecule has 2 unspecified atom stereocenters. The number of allylic oxidation sites excluding steroid dienone is 1. The van der Waals surface area contributed by atoms with Crippen LogP contribution in [-0.4, -0.2) is 38.5 Å². The molecule has 2 aromatic rings. The maximum atomic E-state index is 12.9. The Hall–Kier alpha value is -3.26. The van der Waals surface area contributed by atoms with E-state index in [1.54, 1.807) is 14.2 Å². The maximum Gasteiger partial charge on any atom is 0.337 e. The summed E-state index contributed by atoms with van der Waals surface area (Å²) in [5.74, 6) is 1.74. The highest BCUT2D eigenvalue weighted by molar-refractivity contribution is 7.80. The predicted molar refractivity (Wildman–Crippen MR) is 125 cm³/mol. The van der Waals surface area contributed by atoms with E-state index in [4.69, 9.17) is 31.2 Å². The third-order valence-corrected chi connectivity index (χ3v) is 6.08. The number of carbonyl (C=O) groups excluding carboxylic acids is 1. The number of fused-ring (bicyclic) bond motifs is 1. The number of nitrogens with zero attached hydrogens (tertiary/aromatic N) is 1. The summed E-state index contributed by atoms with van der Waals surface area (Å²) >= 11 is 5.72. The van der Waals surface area contributed by atoms with E-state index in [-0.39, 0.29) is 6.10 Å². The second kappa shape index (κ2) is 8.70. The number of rotatable bonds is 5. The molecule has 8 heteroatoms. The van der Waals surface area contributed by atoms with Gasteiger partial charge in [-0.15, -0.1) is 0 Å². The zero-order valence-corrected chi connectivity index (χ0v) is 19.5. The predicted octanol–water partition coefficient (Wildman–Crippen LogP) is 3.91. The van der Waals surface area contributed by atoms with Crippen molar-refractivity contribution in [2.45, 2.75) is 32.4 Å². The SMILES string of the molecule is COC(=O)C1=C(C)N(c2ccc(OC)cc2)C(=S)NC1c1cc2c(cc1OC)CC(C)O2. The van der Waals surface area contributed by atoms with Crippen molar-refractivity contribution in [1.82, 2.24) is 5.32 Å². The molecule has 0 bridgehead atoms. The Morgan fingerprint density at radius 2 is 1.88 bits per heavy atom. The Morgan fingerprint density at radius 3 is 2.50 bits per heavy atom. The first-order chi connectivity index (χ1) is 15.4. The Morgan fingerprint density at radius 1 is 1.16 bits per heavy atom. The van der Waals surface area contributed by atoms with Crippen molar-refractivity contribution < 1.29 is 23.7 Å². The van der Waals surface area contributed by atoms with Gasteiger partial charge in [0.1, 0.15) is 23.4 Å². The number of hydrogen-bond acceptors (Lipinski definition) is 6. The lowest BCUT2D eigenvalue weighted by Crippen LogP contribution is -2.48. The van der Waals surface area contributed by atoms with Crippen molar-refractivity contribution in [3.05, 3.63) is 58.8 Å². The molecule has 0 spiro atoms. The second-order valence-electron chi connectivity index (χ2n) is 7.74. The molecule has 2 aromatic carbocycles. The van der Waals surface area contributed by atoms with Crippen LogP contribution in [0.3, 0.4) is 0 Å². The maximum absolute atomic E-state index is 12.9. The Kier molecular flexibility index (Phi) is 5.97. The third-order valence-electron chi connectivity index (χ3n) is 5.78. The van der Waals surface area contributed by atoms with Crippen molar-refractivity contribution in [1.29, 1.82) is 0 Å². The number of nitrogens with one attached hydrogen (secondary N) is 1. The van der Waals surface area contributed by atoms with Crippen LogP contribution in [0, 0.1) is 0 Å². The first-order valence-electron chi connectivity index (χ1n) is 10.3. The molecule has 0 fully saturated rings. The van der Waals surface area contributed by atoms with Gasteiger partial charge in [-0.25, -0.2) is 4.79 Å². The van der Waals surface area contributed by atoms with Crippen molar-refractivity contribution in [3.63, 3.8) is 0 Å². The van der Waals surface area contributed by atoms with Gasteiger partial charge >= 0.3 is 5.97 Å². The van der Waals surface area contributed by atoms with Gasteiger partial charge in [0.05, 0.1) is 32.9 Å². The summed E-state index contributed by atoms with van der Waals surface area (Å²) in [5.41, 5.74) is 3.76. The summed E-state index contributed by atoms with van der Waals surface area (Å²) in [6, 6.07) is 10.8. The molecule has 7 nitrogen and oxygen atoms in total. The fraction of sp³-hybridized carbons (Fsp3) is 0.333. The smallest absolute Gasteiger partial charge is 0.337 e. The summed E-state index contributed by atoms with van der Waals surface area (Å²) in [7, 11) is 4.60. The van der Waals surface area contributed by atoms with Crippen LogP contribution < -0.4 is 24.4 Å². The lowest BCUT2D eigenvalue weighted by molar-refractivity contribution is -0.136. The molecule has 4 rings (SSSR count). The molecule has 0 aromatic heterocycles. The van der Waals surface area contributed by atoms with Crippen LogP contribution in [0.15, 0.2) is 47.7 Å². The van der Waals surface area contributed by atoms with E-state index in [1.165, 1.54) is 7.11 Å². The van der Waals surface area contributed by atoms with Crippen LogP contribution in [0.5, 0.6) is 17.2 Å². The normalized spacial score (nSPS) is 19.8. The van der Waals surface area contributed by atoms with Gasteiger partial charge in [0.25, 0.3) is 0 Å². The summed E-state index contributed by atoms with van der Waals surface area (Å²) in [6.45, 7) is 3.88. The van der Waals surface area contributed by atoms with Gasteiger partial charge in [0.15, 0.2) is 5.11 Å². The van der Waals surface area contributed by atoms with E-state index in [2.05, 4.69) is 5.32 Å². The first-order valence-corrected chi connectivity index (χ1v) is 10.7. The van der Waals surface area contributed by atoms with Gasteiger partial charge < -0.3 is 24.3 Å². The highest BCUT2D eigenvalue weighted by Gasteiger charge is 2.37. The number of methoxy groups -OCH3 is 3. The molecule has 32 heavy (non-hydrogen) atoms. The van der Waals surface area contributed by atoms with Gasteiger partial charge in [-0.2, -0.15) is 0 Å². The Bertz CT molecular complexity index is 1100. The number of ether oxygens (including phenoxy) is 4. The van der Waals surface area contributed by atoms with E-state index in [0.29, 0.717) is 22.1 Å². The van der Waals surface area contributed by atoms with Gasteiger partial charge in [-0.1, -0.05) is 0 Å².